The molecule has 0 spiro atoms. The van der Waals surface area contributed by atoms with Gasteiger partial charge >= 0.3 is 0 Å². The van der Waals surface area contributed by atoms with Crippen molar-refractivity contribution >= 4 is 57.3 Å². The van der Waals surface area contributed by atoms with Crippen LogP contribution in [0, 0.1) is 0 Å². The Kier molecular flexibility index (Phi) is 10.5. The molecule has 0 bridgehead atoms. The second-order valence-electron chi connectivity index (χ2n) is 10.6. The summed E-state index contributed by atoms with van der Waals surface area (Å²) >= 11 is 6.29. The van der Waals surface area contributed by atoms with Crippen LogP contribution in [-0.2, 0) is 19.6 Å². The number of allylic oxidation sites excluding steroid dienone is 1. The molecular formula is C27H40ClN7O5S. The minimum absolute atomic E-state index is 0.0572. The van der Waals surface area contributed by atoms with Crippen molar-refractivity contribution in [1.82, 2.24) is 9.21 Å². The number of ether oxygens (including phenoxy) is 2. The lowest BCUT2D eigenvalue weighted by atomic mass is 10.00. The molecule has 1 aromatic rings. The minimum atomic E-state index is -3.33. The highest BCUT2D eigenvalue weighted by Gasteiger charge is 2.46. The van der Waals surface area contributed by atoms with Crippen LogP contribution in [0.1, 0.15) is 26.7 Å². The van der Waals surface area contributed by atoms with Crippen molar-refractivity contribution in [3.63, 3.8) is 0 Å². The fourth-order valence-corrected chi connectivity index (χ4v) is 5.82. The minimum Gasteiger partial charge on any atom is -0.494 e. The van der Waals surface area contributed by atoms with Crippen molar-refractivity contribution in [2.24, 2.45) is 9.98 Å². The van der Waals surface area contributed by atoms with E-state index in [0.717, 1.165) is 37.9 Å². The highest BCUT2D eigenvalue weighted by atomic mass is 35.5. The van der Waals surface area contributed by atoms with Crippen LogP contribution >= 0.6 is 11.6 Å². The van der Waals surface area contributed by atoms with Gasteiger partial charge in [-0.15, -0.1) is 0 Å². The summed E-state index contributed by atoms with van der Waals surface area (Å²) in [5.41, 5.74) is 1.04. The van der Waals surface area contributed by atoms with Gasteiger partial charge in [0.1, 0.15) is 11.4 Å². The number of anilines is 3. The molecule has 12 nitrogen and oxygen atoms in total. The zero-order chi connectivity index (χ0) is 30.5. The molecule has 2 N–H and O–H groups in total. The molecule has 2 heterocycles. The third-order valence-electron chi connectivity index (χ3n) is 7.03. The van der Waals surface area contributed by atoms with Gasteiger partial charge in [-0.3, -0.25) is 4.79 Å². The van der Waals surface area contributed by atoms with Crippen LogP contribution < -0.4 is 20.3 Å². The second kappa shape index (κ2) is 13.2. The standard InChI is InChI=1S/C27H40ClN7O5S/c1-9-24(36)30-20-14-21(23(39-7)15-22(20)34-12-10-19(11-13-34)33(5)6)31-26(29-4)32-25(18(2)28)40-27(3)16-35(17-27)41(8,37)38/h9,14-15,19H,1,4,10-13,16-17H2,2-3,5-8H3,(H,30,36)(H,31,32)/b25-18-. The summed E-state index contributed by atoms with van der Waals surface area (Å²) in [6.45, 7) is 12.5. The quantitative estimate of drug-likeness (QED) is 0.179. The van der Waals surface area contributed by atoms with Crippen LogP contribution in [0.15, 0.2) is 45.7 Å². The summed E-state index contributed by atoms with van der Waals surface area (Å²) in [6, 6.07) is 4.08. The number of carbonyl (C=O) groups is 1. The zero-order valence-electron chi connectivity index (χ0n) is 24.5. The predicted octanol–water partition coefficient (Wildman–Crippen LogP) is 3.30. The van der Waals surface area contributed by atoms with Crippen molar-refractivity contribution in [3.05, 3.63) is 35.7 Å². The van der Waals surface area contributed by atoms with Gasteiger partial charge in [-0.1, -0.05) is 18.2 Å². The molecule has 0 saturated carbocycles. The van der Waals surface area contributed by atoms with Crippen molar-refractivity contribution in [3.8, 4) is 5.75 Å². The first kappa shape index (κ1) is 32.4. The van der Waals surface area contributed by atoms with Crippen molar-refractivity contribution in [2.75, 3.05) is 69.2 Å². The Bertz CT molecular complexity index is 1330. The van der Waals surface area contributed by atoms with E-state index < -0.39 is 15.6 Å². The van der Waals surface area contributed by atoms with Gasteiger partial charge in [0.05, 0.1) is 48.5 Å². The molecular weight excluding hydrogens is 570 g/mol. The molecule has 0 aromatic heterocycles. The van der Waals surface area contributed by atoms with E-state index in [9.17, 15) is 13.2 Å². The van der Waals surface area contributed by atoms with Crippen molar-refractivity contribution < 1.29 is 22.7 Å². The number of halogens is 1. The van der Waals surface area contributed by atoms with E-state index in [4.69, 9.17) is 21.1 Å². The van der Waals surface area contributed by atoms with Gasteiger partial charge in [0, 0.05) is 25.2 Å². The van der Waals surface area contributed by atoms with Crippen LogP contribution in [-0.4, -0.2) is 101 Å². The smallest absolute Gasteiger partial charge is 0.247 e. The van der Waals surface area contributed by atoms with E-state index in [1.807, 2.05) is 6.07 Å². The first-order chi connectivity index (χ1) is 19.2. The van der Waals surface area contributed by atoms with E-state index in [2.05, 4.69) is 57.8 Å². The fourth-order valence-electron chi connectivity index (χ4n) is 4.73. The number of carbonyl (C=O) groups excluding carboxylic acids is 1. The number of sulfonamides is 1. The average Bonchev–Trinajstić information content (AvgIpc) is 2.90. The molecule has 14 heteroatoms. The Morgan fingerprint density at radius 3 is 2.34 bits per heavy atom. The second-order valence-corrected chi connectivity index (χ2v) is 13.1. The summed E-state index contributed by atoms with van der Waals surface area (Å²) in [7, 11) is 2.38. The molecule has 2 fully saturated rings. The van der Waals surface area contributed by atoms with E-state index >= 15 is 0 Å². The molecule has 226 valence electrons. The van der Waals surface area contributed by atoms with E-state index in [0.29, 0.717) is 23.2 Å². The normalized spacial score (nSPS) is 18.7. The summed E-state index contributed by atoms with van der Waals surface area (Å²) in [5.74, 6) is 0.263. The van der Waals surface area contributed by atoms with Gasteiger partial charge in [0.15, 0.2) is 0 Å². The third-order valence-corrected chi connectivity index (χ3v) is 8.39. The Hall–Kier alpha value is -3.13. The SMILES string of the molecule is C=CC(=O)Nc1cc(NC(N=C)=N/C(OC2(C)CN(S(C)(=O)=O)C2)=C(\C)Cl)c(OC)cc1N1CCC(N(C)C)CC1. The molecule has 2 aliphatic rings. The highest BCUT2D eigenvalue weighted by Crippen LogP contribution is 2.39. The number of guanidine groups is 1. The first-order valence-electron chi connectivity index (χ1n) is 13.1. The van der Waals surface area contributed by atoms with E-state index in [-0.39, 0.29) is 35.9 Å². The molecule has 1 aromatic carbocycles. The molecule has 0 radical (unpaired) electrons. The molecule has 3 rings (SSSR count). The van der Waals surface area contributed by atoms with Gasteiger partial charge in [-0.25, -0.2) is 13.4 Å². The molecule has 0 atom stereocenters. The van der Waals surface area contributed by atoms with Crippen LogP contribution in [0.5, 0.6) is 5.75 Å². The first-order valence-corrected chi connectivity index (χ1v) is 15.3. The number of hydrogen-bond donors (Lipinski definition) is 2. The van der Waals surface area contributed by atoms with E-state index in [1.54, 1.807) is 27.0 Å². The van der Waals surface area contributed by atoms with Crippen LogP contribution in [0.3, 0.4) is 0 Å². The Morgan fingerprint density at radius 1 is 1.22 bits per heavy atom. The van der Waals surface area contributed by atoms with Crippen LogP contribution in [0.4, 0.5) is 17.1 Å². The van der Waals surface area contributed by atoms with E-state index in [1.165, 1.54) is 10.4 Å². The number of aliphatic imine (C=N–C) groups is 2. The molecule has 2 aliphatic heterocycles. The summed E-state index contributed by atoms with van der Waals surface area (Å²) in [4.78, 5) is 25.2. The van der Waals surface area contributed by atoms with Crippen molar-refractivity contribution in [1.29, 1.82) is 0 Å². The molecule has 1 amide bonds. The topological polar surface area (TPSA) is 128 Å². The number of nitrogens with one attached hydrogen (secondary N) is 2. The molecule has 0 unspecified atom stereocenters. The van der Waals surface area contributed by atoms with Gasteiger partial charge in [0.2, 0.25) is 27.8 Å². The maximum atomic E-state index is 12.3. The molecule has 2 saturated heterocycles. The maximum absolute atomic E-state index is 12.3. The van der Waals surface area contributed by atoms with Gasteiger partial charge in [0.25, 0.3) is 0 Å². The number of piperidine rings is 1. The van der Waals surface area contributed by atoms with Crippen LogP contribution in [0.25, 0.3) is 0 Å². The number of amides is 1. The number of hydrogen-bond acceptors (Lipinski definition) is 8. The highest BCUT2D eigenvalue weighted by molar-refractivity contribution is 7.88. The number of rotatable bonds is 10. The largest absolute Gasteiger partial charge is 0.494 e. The summed E-state index contributed by atoms with van der Waals surface area (Å²) < 4.78 is 36.6. The number of benzene rings is 1. The third kappa shape index (κ3) is 8.22. The monoisotopic (exact) mass is 609 g/mol. The maximum Gasteiger partial charge on any atom is 0.247 e. The molecule has 41 heavy (non-hydrogen) atoms. The van der Waals surface area contributed by atoms with Gasteiger partial charge in [-0.2, -0.15) is 9.30 Å². The lowest BCUT2D eigenvalue weighted by Gasteiger charge is -2.45. The van der Waals surface area contributed by atoms with Gasteiger partial charge < -0.3 is 29.9 Å². The Morgan fingerprint density at radius 2 is 1.85 bits per heavy atom. The summed E-state index contributed by atoms with van der Waals surface area (Å²) in [5, 5.41) is 6.23. The zero-order valence-corrected chi connectivity index (χ0v) is 26.1. The Balaban J connectivity index is 1.91. The van der Waals surface area contributed by atoms with Gasteiger partial charge in [-0.05, 0) is 59.6 Å². The summed E-state index contributed by atoms with van der Waals surface area (Å²) in [6.07, 6.45) is 4.32. The lowest BCUT2D eigenvalue weighted by Crippen LogP contribution is -2.62. The Labute approximate surface area is 247 Å². The fraction of sp³-hybridized carbons (Fsp3) is 0.519. The molecule has 0 aliphatic carbocycles. The average molecular weight is 610 g/mol. The van der Waals surface area contributed by atoms with Crippen LogP contribution in [0.2, 0.25) is 0 Å². The number of nitrogens with zero attached hydrogens (tertiary/aromatic N) is 5. The van der Waals surface area contributed by atoms with Crippen molar-refractivity contribution in [2.45, 2.75) is 38.3 Å². The number of methoxy groups -OCH3 is 1. The predicted molar refractivity (Wildman–Crippen MR) is 166 cm³/mol. The lowest BCUT2D eigenvalue weighted by molar-refractivity contribution is -0.111.